The number of anilines is 1. The highest BCUT2D eigenvalue weighted by Crippen LogP contribution is 2.12. The smallest absolute Gasteiger partial charge is 0.255 e. The van der Waals surface area contributed by atoms with Crippen LogP contribution in [-0.4, -0.2) is 30.9 Å². The van der Waals surface area contributed by atoms with E-state index >= 15 is 0 Å². The monoisotopic (exact) mass is 257 g/mol. The molecule has 0 aliphatic heterocycles. The Morgan fingerprint density at radius 3 is 2.72 bits per heavy atom. The summed E-state index contributed by atoms with van der Waals surface area (Å²) in [6, 6.07) is 3.17. The Morgan fingerprint density at radius 1 is 1.44 bits per heavy atom. The van der Waals surface area contributed by atoms with Gasteiger partial charge in [-0.15, -0.1) is 0 Å². The van der Waals surface area contributed by atoms with Crippen molar-refractivity contribution in [1.82, 2.24) is 10.3 Å². The van der Waals surface area contributed by atoms with E-state index < -0.39 is 18.9 Å². The maximum absolute atomic E-state index is 12.0. The largest absolute Gasteiger partial charge is 0.373 e. The second kappa shape index (κ2) is 6.88. The quantitative estimate of drug-likeness (QED) is 0.820. The van der Waals surface area contributed by atoms with Gasteiger partial charge in [0.2, 0.25) is 0 Å². The highest BCUT2D eigenvalue weighted by atomic mass is 19.3. The number of aromatic nitrogens is 1. The Kier molecular flexibility index (Phi) is 5.48. The van der Waals surface area contributed by atoms with Crippen LogP contribution in [0.15, 0.2) is 12.1 Å². The molecule has 1 rings (SSSR count). The SMILES string of the molecule is CCCc1cc(C(=O)NCC(F)F)cc(NC)n1. The second-order valence-electron chi connectivity index (χ2n) is 3.83. The summed E-state index contributed by atoms with van der Waals surface area (Å²) in [5, 5.41) is 5.02. The maximum atomic E-state index is 12.0. The number of carbonyl (C=O) groups is 1. The molecule has 0 aromatic carbocycles. The molecule has 0 aliphatic rings. The van der Waals surface area contributed by atoms with Crippen LogP contribution in [0.5, 0.6) is 0 Å². The molecule has 4 nitrogen and oxygen atoms in total. The molecular weight excluding hydrogens is 240 g/mol. The average Bonchev–Trinajstić information content (AvgIpc) is 2.35. The lowest BCUT2D eigenvalue weighted by Crippen LogP contribution is -2.28. The van der Waals surface area contributed by atoms with E-state index in [-0.39, 0.29) is 0 Å². The van der Waals surface area contributed by atoms with E-state index in [9.17, 15) is 13.6 Å². The first kappa shape index (κ1) is 14.3. The second-order valence-corrected chi connectivity index (χ2v) is 3.83. The van der Waals surface area contributed by atoms with Crippen LogP contribution >= 0.6 is 0 Å². The number of aryl methyl sites for hydroxylation is 1. The van der Waals surface area contributed by atoms with Crippen LogP contribution < -0.4 is 10.6 Å². The van der Waals surface area contributed by atoms with Crippen molar-refractivity contribution in [2.75, 3.05) is 18.9 Å². The molecule has 1 aromatic heterocycles. The predicted octanol–water partition coefficient (Wildman–Crippen LogP) is 2.07. The fourth-order valence-corrected chi connectivity index (χ4v) is 1.50. The third-order valence-electron chi connectivity index (χ3n) is 2.32. The van der Waals surface area contributed by atoms with Gasteiger partial charge in [-0.3, -0.25) is 4.79 Å². The minimum Gasteiger partial charge on any atom is -0.373 e. The summed E-state index contributed by atoms with van der Waals surface area (Å²) in [5.74, 6) is 0.0506. The minimum atomic E-state index is -2.55. The molecule has 2 N–H and O–H groups in total. The van der Waals surface area contributed by atoms with E-state index in [1.165, 1.54) is 0 Å². The number of alkyl halides is 2. The molecule has 0 saturated heterocycles. The van der Waals surface area contributed by atoms with Crippen molar-refractivity contribution in [3.63, 3.8) is 0 Å². The predicted molar refractivity (Wildman–Crippen MR) is 66.1 cm³/mol. The van der Waals surface area contributed by atoms with Gasteiger partial charge < -0.3 is 10.6 Å². The number of carbonyl (C=O) groups excluding carboxylic acids is 1. The van der Waals surface area contributed by atoms with Crippen molar-refractivity contribution in [3.8, 4) is 0 Å². The molecule has 0 radical (unpaired) electrons. The number of hydrogen-bond acceptors (Lipinski definition) is 3. The van der Waals surface area contributed by atoms with E-state index in [2.05, 4.69) is 15.6 Å². The molecule has 0 aliphatic carbocycles. The normalized spacial score (nSPS) is 10.5. The van der Waals surface area contributed by atoms with Gasteiger partial charge in [0.15, 0.2) is 0 Å². The first-order chi connectivity index (χ1) is 8.56. The zero-order chi connectivity index (χ0) is 13.5. The zero-order valence-corrected chi connectivity index (χ0v) is 10.5. The Balaban J connectivity index is 2.85. The molecule has 1 heterocycles. The number of rotatable bonds is 6. The summed E-state index contributed by atoms with van der Waals surface area (Å²) in [6.45, 7) is 1.36. The van der Waals surface area contributed by atoms with Crippen LogP contribution in [-0.2, 0) is 6.42 Å². The summed E-state index contributed by atoms with van der Waals surface area (Å²) in [6.07, 6.45) is -0.905. The standard InChI is InChI=1S/C12H17F2N3O/c1-3-4-9-5-8(6-11(15-2)17-9)12(18)16-7-10(13)14/h5-6,10H,3-4,7H2,1-2H3,(H,15,17)(H,16,18). The summed E-state index contributed by atoms with van der Waals surface area (Å²) >= 11 is 0. The molecule has 0 saturated carbocycles. The molecule has 1 amide bonds. The van der Waals surface area contributed by atoms with Gasteiger partial charge in [0.25, 0.3) is 12.3 Å². The lowest BCUT2D eigenvalue weighted by molar-refractivity contribution is 0.0891. The lowest BCUT2D eigenvalue weighted by atomic mass is 10.1. The van der Waals surface area contributed by atoms with E-state index in [1.807, 2.05) is 6.92 Å². The molecule has 0 atom stereocenters. The molecule has 0 bridgehead atoms. The highest BCUT2D eigenvalue weighted by Gasteiger charge is 2.11. The molecule has 6 heteroatoms. The van der Waals surface area contributed by atoms with Gasteiger partial charge in [-0.25, -0.2) is 13.8 Å². The summed E-state index contributed by atoms with van der Waals surface area (Å²) < 4.78 is 24.0. The van der Waals surface area contributed by atoms with Gasteiger partial charge in [0.1, 0.15) is 5.82 Å². The fraction of sp³-hybridized carbons (Fsp3) is 0.500. The maximum Gasteiger partial charge on any atom is 0.255 e. The third kappa shape index (κ3) is 4.27. The van der Waals surface area contributed by atoms with E-state index in [1.54, 1.807) is 19.2 Å². The van der Waals surface area contributed by atoms with Gasteiger partial charge in [-0.1, -0.05) is 13.3 Å². The number of hydrogen-bond donors (Lipinski definition) is 2. The molecular formula is C12H17F2N3O. The zero-order valence-electron chi connectivity index (χ0n) is 10.5. The first-order valence-corrected chi connectivity index (χ1v) is 5.81. The topological polar surface area (TPSA) is 54.0 Å². The van der Waals surface area contributed by atoms with Gasteiger partial charge in [-0.2, -0.15) is 0 Å². The lowest BCUT2D eigenvalue weighted by Gasteiger charge is -2.08. The Labute approximate surface area is 105 Å². The van der Waals surface area contributed by atoms with Crippen molar-refractivity contribution in [2.24, 2.45) is 0 Å². The number of halogens is 2. The first-order valence-electron chi connectivity index (χ1n) is 5.81. The van der Waals surface area contributed by atoms with Crippen LogP contribution in [0.1, 0.15) is 29.4 Å². The molecule has 100 valence electrons. The van der Waals surface area contributed by atoms with Crippen molar-refractivity contribution in [1.29, 1.82) is 0 Å². The minimum absolute atomic E-state index is 0.346. The summed E-state index contributed by atoms with van der Waals surface area (Å²) in [5.41, 5.74) is 1.12. The summed E-state index contributed by atoms with van der Waals surface area (Å²) in [7, 11) is 1.69. The molecule has 0 spiro atoms. The van der Waals surface area contributed by atoms with Crippen LogP contribution in [0.25, 0.3) is 0 Å². The van der Waals surface area contributed by atoms with Crippen molar-refractivity contribution < 1.29 is 13.6 Å². The Hall–Kier alpha value is -1.72. The summed E-state index contributed by atoms with van der Waals surface area (Å²) in [4.78, 5) is 16.0. The molecule has 1 aromatic rings. The van der Waals surface area contributed by atoms with Gasteiger partial charge >= 0.3 is 0 Å². The van der Waals surface area contributed by atoms with Gasteiger partial charge in [-0.05, 0) is 18.6 Å². The van der Waals surface area contributed by atoms with Crippen LogP contribution in [0.2, 0.25) is 0 Å². The van der Waals surface area contributed by atoms with Crippen LogP contribution in [0.4, 0.5) is 14.6 Å². The molecule has 18 heavy (non-hydrogen) atoms. The van der Waals surface area contributed by atoms with Gasteiger partial charge in [0, 0.05) is 18.3 Å². The van der Waals surface area contributed by atoms with Crippen LogP contribution in [0, 0.1) is 0 Å². The van der Waals surface area contributed by atoms with Crippen molar-refractivity contribution >= 4 is 11.7 Å². The van der Waals surface area contributed by atoms with E-state index in [0.717, 1.165) is 18.5 Å². The third-order valence-corrected chi connectivity index (χ3v) is 2.32. The average molecular weight is 257 g/mol. The molecule has 0 unspecified atom stereocenters. The number of amides is 1. The molecule has 0 fully saturated rings. The number of nitrogens with zero attached hydrogens (tertiary/aromatic N) is 1. The number of nitrogens with one attached hydrogen (secondary N) is 2. The number of pyridine rings is 1. The van der Waals surface area contributed by atoms with E-state index in [4.69, 9.17) is 0 Å². The van der Waals surface area contributed by atoms with Gasteiger partial charge in [0.05, 0.1) is 6.54 Å². The van der Waals surface area contributed by atoms with Crippen molar-refractivity contribution in [3.05, 3.63) is 23.4 Å². The fourth-order valence-electron chi connectivity index (χ4n) is 1.50. The van der Waals surface area contributed by atoms with Crippen molar-refractivity contribution in [2.45, 2.75) is 26.2 Å². The Bertz CT molecular complexity index is 410. The highest BCUT2D eigenvalue weighted by molar-refractivity contribution is 5.95. The van der Waals surface area contributed by atoms with E-state index in [0.29, 0.717) is 11.4 Å². The Morgan fingerprint density at radius 2 is 2.17 bits per heavy atom. The van der Waals surface area contributed by atoms with Crippen LogP contribution in [0.3, 0.4) is 0 Å².